The van der Waals surface area contributed by atoms with Crippen molar-refractivity contribution in [2.75, 3.05) is 0 Å². The fraction of sp³-hybridized carbons (Fsp3) is 0.333. The fourth-order valence-electron chi connectivity index (χ4n) is 1.18. The van der Waals surface area contributed by atoms with Crippen LogP contribution in [0.3, 0.4) is 0 Å². The summed E-state index contributed by atoms with van der Waals surface area (Å²) < 4.78 is 0. The third kappa shape index (κ3) is 0.919. The van der Waals surface area contributed by atoms with Crippen molar-refractivity contribution in [3.8, 4) is 0 Å². The van der Waals surface area contributed by atoms with Gasteiger partial charge in [0, 0.05) is 17.8 Å². The first-order chi connectivity index (χ1) is 4.97. The topological polar surface area (TPSA) is 12.9 Å². The van der Waals surface area contributed by atoms with Crippen molar-refractivity contribution in [1.82, 2.24) is 4.98 Å². The largest absolute Gasteiger partial charge is 0.261 e. The summed E-state index contributed by atoms with van der Waals surface area (Å²) in [6.45, 7) is 0. The van der Waals surface area contributed by atoms with Gasteiger partial charge < -0.3 is 0 Å². The average Bonchev–Trinajstić information content (AvgIpc) is 1.86. The van der Waals surface area contributed by atoms with E-state index in [1.165, 1.54) is 30.9 Å². The SMILES string of the molecule is c1ccc([C]2CCC2)nc1. The fourth-order valence-corrected chi connectivity index (χ4v) is 1.18. The highest BCUT2D eigenvalue weighted by Crippen LogP contribution is 2.33. The van der Waals surface area contributed by atoms with Crippen molar-refractivity contribution < 1.29 is 0 Å². The molecular formula is C9H10N. The maximum absolute atomic E-state index is 4.26. The van der Waals surface area contributed by atoms with E-state index in [2.05, 4.69) is 11.1 Å². The lowest BCUT2D eigenvalue weighted by atomic mass is 9.83. The van der Waals surface area contributed by atoms with E-state index in [0.717, 1.165) is 0 Å². The highest BCUT2D eigenvalue weighted by Gasteiger charge is 2.20. The lowest BCUT2D eigenvalue weighted by Gasteiger charge is -2.23. The van der Waals surface area contributed by atoms with Crippen molar-refractivity contribution in [2.24, 2.45) is 0 Å². The molecule has 10 heavy (non-hydrogen) atoms. The molecule has 0 amide bonds. The van der Waals surface area contributed by atoms with Crippen LogP contribution in [0.4, 0.5) is 0 Å². The van der Waals surface area contributed by atoms with E-state index in [0.29, 0.717) is 0 Å². The second kappa shape index (κ2) is 2.41. The van der Waals surface area contributed by atoms with E-state index >= 15 is 0 Å². The molecular weight excluding hydrogens is 122 g/mol. The molecule has 0 N–H and O–H groups in total. The maximum atomic E-state index is 4.26. The van der Waals surface area contributed by atoms with E-state index in [4.69, 9.17) is 0 Å². The molecule has 1 nitrogen and oxygen atoms in total. The number of pyridine rings is 1. The minimum absolute atomic E-state index is 1.20. The quantitative estimate of drug-likeness (QED) is 0.570. The molecule has 1 heterocycles. The molecule has 1 saturated carbocycles. The lowest BCUT2D eigenvalue weighted by Crippen LogP contribution is -2.10. The molecule has 0 atom stereocenters. The summed E-state index contributed by atoms with van der Waals surface area (Å²) in [5.74, 6) is 1.53. The molecule has 1 heteroatoms. The van der Waals surface area contributed by atoms with Gasteiger partial charge >= 0.3 is 0 Å². The first-order valence-corrected chi connectivity index (χ1v) is 3.73. The van der Waals surface area contributed by atoms with Gasteiger partial charge in [0.1, 0.15) is 0 Å². The maximum Gasteiger partial charge on any atom is 0.0474 e. The summed E-state index contributed by atoms with van der Waals surface area (Å²) in [4.78, 5) is 4.26. The van der Waals surface area contributed by atoms with Crippen molar-refractivity contribution in [3.63, 3.8) is 0 Å². The molecule has 0 saturated heterocycles. The molecule has 51 valence electrons. The van der Waals surface area contributed by atoms with Crippen LogP contribution < -0.4 is 0 Å². The molecule has 1 aromatic heterocycles. The van der Waals surface area contributed by atoms with Gasteiger partial charge in [0.15, 0.2) is 0 Å². The van der Waals surface area contributed by atoms with Crippen LogP contribution in [0.15, 0.2) is 24.4 Å². The Kier molecular flexibility index (Phi) is 1.42. The third-order valence-electron chi connectivity index (χ3n) is 1.98. The summed E-state index contributed by atoms with van der Waals surface area (Å²) in [7, 11) is 0. The monoisotopic (exact) mass is 132 g/mol. The van der Waals surface area contributed by atoms with E-state index in [-0.39, 0.29) is 0 Å². The summed E-state index contributed by atoms with van der Waals surface area (Å²) in [5.41, 5.74) is 1.20. The molecule has 0 bridgehead atoms. The van der Waals surface area contributed by atoms with Gasteiger partial charge in [-0.25, -0.2) is 0 Å². The number of hydrogen-bond acceptors (Lipinski definition) is 1. The molecule has 0 aromatic carbocycles. The normalized spacial score (nSPS) is 18.4. The third-order valence-corrected chi connectivity index (χ3v) is 1.98. The molecule has 0 unspecified atom stereocenters. The van der Waals surface area contributed by atoms with Gasteiger partial charge in [0.25, 0.3) is 0 Å². The Morgan fingerprint density at radius 3 is 2.60 bits per heavy atom. The first kappa shape index (κ1) is 5.90. The molecule has 1 fully saturated rings. The van der Waals surface area contributed by atoms with Gasteiger partial charge in [-0.15, -0.1) is 0 Å². The van der Waals surface area contributed by atoms with Crippen LogP contribution in [0, 0.1) is 5.92 Å². The Labute approximate surface area is 61.1 Å². The first-order valence-electron chi connectivity index (χ1n) is 3.73. The van der Waals surface area contributed by atoms with Crippen LogP contribution >= 0.6 is 0 Å². The predicted molar refractivity (Wildman–Crippen MR) is 40.4 cm³/mol. The lowest BCUT2D eigenvalue weighted by molar-refractivity contribution is 0.569. The van der Waals surface area contributed by atoms with Crippen LogP contribution in [0.2, 0.25) is 0 Å². The summed E-state index contributed by atoms with van der Waals surface area (Å²) in [5, 5.41) is 0. The van der Waals surface area contributed by atoms with Gasteiger partial charge in [-0.2, -0.15) is 0 Å². The van der Waals surface area contributed by atoms with Crippen molar-refractivity contribution in [3.05, 3.63) is 36.0 Å². The van der Waals surface area contributed by atoms with E-state index in [9.17, 15) is 0 Å². The van der Waals surface area contributed by atoms with Gasteiger partial charge in [-0.05, 0) is 25.0 Å². The van der Waals surface area contributed by atoms with Crippen molar-refractivity contribution in [2.45, 2.75) is 19.3 Å². The minimum atomic E-state index is 1.20. The number of nitrogens with zero attached hydrogens (tertiary/aromatic N) is 1. The van der Waals surface area contributed by atoms with Crippen LogP contribution in [0.25, 0.3) is 0 Å². The highest BCUT2D eigenvalue weighted by molar-refractivity contribution is 5.25. The highest BCUT2D eigenvalue weighted by atomic mass is 14.7. The van der Waals surface area contributed by atoms with Gasteiger partial charge in [-0.1, -0.05) is 12.5 Å². The summed E-state index contributed by atoms with van der Waals surface area (Å²) in [6, 6.07) is 6.10. The van der Waals surface area contributed by atoms with Crippen LogP contribution in [0.1, 0.15) is 25.0 Å². The predicted octanol–water partition coefficient (Wildman–Crippen LogP) is 2.19. The number of rotatable bonds is 1. The van der Waals surface area contributed by atoms with E-state index in [1.54, 1.807) is 0 Å². The van der Waals surface area contributed by atoms with E-state index < -0.39 is 0 Å². The molecule has 1 radical (unpaired) electrons. The Morgan fingerprint density at radius 2 is 2.10 bits per heavy atom. The average molecular weight is 132 g/mol. The zero-order valence-corrected chi connectivity index (χ0v) is 5.88. The van der Waals surface area contributed by atoms with Gasteiger partial charge in [-0.3, -0.25) is 4.98 Å². The molecule has 1 aromatic rings. The van der Waals surface area contributed by atoms with Crippen LogP contribution in [-0.4, -0.2) is 4.98 Å². The van der Waals surface area contributed by atoms with Crippen LogP contribution in [0.5, 0.6) is 0 Å². The Balaban J connectivity index is 2.18. The molecule has 2 rings (SSSR count). The van der Waals surface area contributed by atoms with Gasteiger partial charge in [0.2, 0.25) is 0 Å². The molecule has 0 aliphatic heterocycles. The van der Waals surface area contributed by atoms with Crippen molar-refractivity contribution >= 4 is 0 Å². The standard InChI is InChI=1S/C9H10N/c1-2-7-10-9(6-1)8-4-3-5-8/h1-2,6-7H,3-5H2. The second-order valence-corrected chi connectivity index (χ2v) is 2.67. The zero-order chi connectivity index (χ0) is 6.81. The van der Waals surface area contributed by atoms with E-state index in [1.807, 2.05) is 18.3 Å². The smallest absolute Gasteiger partial charge is 0.0474 e. The summed E-state index contributed by atoms with van der Waals surface area (Å²) in [6.07, 6.45) is 5.74. The van der Waals surface area contributed by atoms with Crippen LogP contribution in [-0.2, 0) is 0 Å². The zero-order valence-electron chi connectivity index (χ0n) is 5.88. The van der Waals surface area contributed by atoms with Crippen molar-refractivity contribution in [1.29, 1.82) is 0 Å². The molecule has 1 aliphatic carbocycles. The molecule has 0 spiro atoms. The Hall–Kier alpha value is -0.850. The Morgan fingerprint density at radius 1 is 1.20 bits per heavy atom. The number of hydrogen-bond donors (Lipinski definition) is 0. The minimum Gasteiger partial charge on any atom is -0.261 e. The van der Waals surface area contributed by atoms with Gasteiger partial charge in [0.05, 0.1) is 0 Å². The summed E-state index contributed by atoms with van der Waals surface area (Å²) >= 11 is 0. The Bertz CT molecular complexity index is 201. The second-order valence-electron chi connectivity index (χ2n) is 2.67. The molecule has 1 aliphatic rings. The number of aromatic nitrogens is 1.